The Morgan fingerprint density at radius 1 is 1.16 bits per heavy atom. The van der Waals surface area contributed by atoms with E-state index in [4.69, 9.17) is 4.74 Å². The zero-order valence-electron chi connectivity index (χ0n) is 17.8. The second-order valence-electron chi connectivity index (χ2n) is 7.34. The van der Waals surface area contributed by atoms with E-state index in [2.05, 4.69) is 18.8 Å². The van der Waals surface area contributed by atoms with Crippen molar-refractivity contribution < 1.29 is 22.7 Å². The number of thiazole rings is 1. The molecular formula is C22H24N2O5S2. The maximum absolute atomic E-state index is 12.9. The number of ether oxygens (including phenoxy) is 1. The average molecular weight is 461 g/mol. The Labute approximate surface area is 184 Å². The Morgan fingerprint density at radius 3 is 2.52 bits per heavy atom. The third-order valence-corrected chi connectivity index (χ3v) is 6.88. The second kappa shape index (κ2) is 9.15. The highest BCUT2D eigenvalue weighted by Gasteiger charge is 2.19. The summed E-state index contributed by atoms with van der Waals surface area (Å²) in [7, 11) is -3.61. The molecule has 164 valence electrons. The molecule has 0 spiro atoms. The third kappa shape index (κ3) is 5.11. The number of amides is 1. The standard InChI is InChI=1S/C22H24N2O5S2/c1-5-29-20(25)13-24-17-11-10-15(14(2)3)12-18(17)30-22(24)23-21(26)16-8-6-7-9-19(16)31(4,27)28/h6-12,14H,5,13H2,1-4H3. The molecule has 9 heteroatoms. The Balaban J connectivity index is 2.19. The van der Waals surface area contributed by atoms with Crippen LogP contribution in [-0.2, 0) is 25.9 Å². The molecule has 0 saturated carbocycles. The molecule has 3 aromatic rings. The molecule has 1 aromatic heterocycles. The van der Waals surface area contributed by atoms with E-state index in [1.165, 1.54) is 23.5 Å². The topological polar surface area (TPSA) is 94.8 Å². The normalized spacial score (nSPS) is 12.5. The number of nitrogens with zero attached hydrogens (tertiary/aromatic N) is 2. The number of carbonyl (C=O) groups excluding carboxylic acids is 2. The van der Waals surface area contributed by atoms with Gasteiger partial charge in [0.05, 0.1) is 27.3 Å². The van der Waals surface area contributed by atoms with Gasteiger partial charge in [0.2, 0.25) is 0 Å². The van der Waals surface area contributed by atoms with Gasteiger partial charge in [-0.15, -0.1) is 0 Å². The van der Waals surface area contributed by atoms with Crippen LogP contribution in [0.15, 0.2) is 52.4 Å². The number of fused-ring (bicyclic) bond motifs is 1. The Bertz CT molecular complexity index is 1320. The molecule has 2 aromatic carbocycles. The minimum Gasteiger partial charge on any atom is -0.465 e. The summed E-state index contributed by atoms with van der Waals surface area (Å²) in [6.45, 7) is 6.03. The number of carbonyl (C=O) groups is 2. The van der Waals surface area contributed by atoms with Crippen molar-refractivity contribution in [2.24, 2.45) is 4.99 Å². The lowest BCUT2D eigenvalue weighted by molar-refractivity contribution is -0.143. The molecule has 1 heterocycles. The van der Waals surface area contributed by atoms with E-state index in [1.807, 2.05) is 18.2 Å². The largest absolute Gasteiger partial charge is 0.465 e. The van der Waals surface area contributed by atoms with E-state index < -0.39 is 21.7 Å². The third-order valence-electron chi connectivity index (χ3n) is 4.68. The number of benzene rings is 2. The number of sulfone groups is 1. The van der Waals surface area contributed by atoms with E-state index in [9.17, 15) is 18.0 Å². The maximum Gasteiger partial charge on any atom is 0.326 e. The van der Waals surface area contributed by atoms with Crippen LogP contribution in [0.2, 0.25) is 0 Å². The van der Waals surface area contributed by atoms with Gasteiger partial charge >= 0.3 is 5.97 Å². The van der Waals surface area contributed by atoms with Crippen LogP contribution in [0.5, 0.6) is 0 Å². The van der Waals surface area contributed by atoms with Gasteiger partial charge in [0.25, 0.3) is 5.91 Å². The highest BCUT2D eigenvalue weighted by molar-refractivity contribution is 7.90. The Morgan fingerprint density at radius 2 is 1.87 bits per heavy atom. The van der Waals surface area contributed by atoms with E-state index in [1.54, 1.807) is 23.6 Å². The van der Waals surface area contributed by atoms with Gasteiger partial charge in [-0.1, -0.05) is 43.4 Å². The smallest absolute Gasteiger partial charge is 0.326 e. The van der Waals surface area contributed by atoms with Crippen LogP contribution in [0.25, 0.3) is 10.2 Å². The van der Waals surface area contributed by atoms with Crippen LogP contribution < -0.4 is 4.80 Å². The first-order valence-corrected chi connectivity index (χ1v) is 12.5. The summed E-state index contributed by atoms with van der Waals surface area (Å²) in [5.74, 6) is -0.816. The van der Waals surface area contributed by atoms with Crippen molar-refractivity contribution in [1.29, 1.82) is 0 Å². The maximum atomic E-state index is 12.9. The molecular weight excluding hydrogens is 436 g/mol. The van der Waals surface area contributed by atoms with Crippen molar-refractivity contribution in [1.82, 2.24) is 4.57 Å². The molecule has 3 rings (SSSR count). The zero-order chi connectivity index (χ0) is 22.8. The molecule has 31 heavy (non-hydrogen) atoms. The fourth-order valence-corrected chi connectivity index (χ4v) is 5.09. The van der Waals surface area contributed by atoms with Crippen LogP contribution in [0.1, 0.15) is 42.6 Å². The first-order valence-electron chi connectivity index (χ1n) is 9.79. The Kier molecular flexibility index (Phi) is 6.76. The average Bonchev–Trinajstić information content (AvgIpc) is 3.03. The van der Waals surface area contributed by atoms with Gasteiger partial charge in [0.1, 0.15) is 6.54 Å². The molecule has 0 aliphatic heterocycles. The number of hydrogen-bond acceptors (Lipinski definition) is 6. The zero-order valence-corrected chi connectivity index (χ0v) is 19.4. The molecule has 0 bridgehead atoms. The molecule has 1 amide bonds. The van der Waals surface area contributed by atoms with Gasteiger partial charge in [-0.3, -0.25) is 9.59 Å². The first kappa shape index (κ1) is 22.9. The van der Waals surface area contributed by atoms with E-state index in [0.29, 0.717) is 10.7 Å². The summed E-state index contributed by atoms with van der Waals surface area (Å²) < 4.78 is 31.7. The molecule has 0 fully saturated rings. The number of aromatic nitrogens is 1. The van der Waals surface area contributed by atoms with Crippen LogP contribution in [0, 0.1) is 0 Å². The molecule has 0 radical (unpaired) electrons. The Hall–Kier alpha value is -2.78. The SMILES string of the molecule is CCOC(=O)Cn1c(=NC(=O)c2ccccc2S(C)(=O)=O)sc2cc(C(C)C)ccc21. The van der Waals surface area contributed by atoms with Crippen molar-refractivity contribution in [3.05, 3.63) is 58.4 Å². The van der Waals surface area contributed by atoms with Gasteiger partial charge in [-0.05, 0) is 42.7 Å². The minimum atomic E-state index is -3.61. The van der Waals surface area contributed by atoms with Crippen molar-refractivity contribution in [3.8, 4) is 0 Å². The molecule has 0 aliphatic rings. The lowest BCUT2D eigenvalue weighted by Crippen LogP contribution is -2.23. The van der Waals surface area contributed by atoms with E-state index in [-0.39, 0.29) is 23.6 Å². The van der Waals surface area contributed by atoms with Crippen LogP contribution in [0.4, 0.5) is 0 Å². The van der Waals surface area contributed by atoms with E-state index >= 15 is 0 Å². The van der Waals surface area contributed by atoms with Gasteiger partial charge in [0, 0.05) is 6.26 Å². The molecule has 0 saturated heterocycles. The summed E-state index contributed by atoms with van der Waals surface area (Å²) >= 11 is 1.27. The summed E-state index contributed by atoms with van der Waals surface area (Å²) in [6.07, 6.45) is 1.05. The minimum absolute atomic E-state index is 0.00647. The fraction of sp³-hybridized carbons (Fsp3) is 0.318. The predicted octanol–water partition coefficient (Wildman–Crippen LogP) is 3.53. The molecule has 7 nitrogen and oxygen atoms in total. The fourth-order valence-electron chi connectivity index (χ4n) is 3.14. The molecule has 0 unspecified atom stereocenters. The van der Waals surface area contributed by atoms with Crippen molar-refractivity contribution >= 4 is 43.3 Å². The predicted molar refractivity (Wildman–Crippen MR) is 120 cm³/mol. The van der Waals surface area contributed by atoms with Crippen molar-refractivity contribution in [2.45, 2.75) is 38.1 Å². The molecule has 0 aliphatic carbocycles. The van der Waals surface area contributed by atoms with Gasteiger partial charge in [-0.25, -0.2) is 8.42 Å². The van der Waals surface area contributed by atoms with E-state index in [0.717, 1.165) is 22.0 Å². The van der Waals surface area contributed by atoms with Crippen LogP contribution >= 0.6 is 11.3 Å². The monoisotopic (exact) mass is 460 g/mol. The summed E-state index contributed by atoms with van der Waals surface area (Å²) in [5.41, 5.74) is 1.87. The molecule has 0 N–H and O–H groups in total. The van der Waals surface area contributed by atoms with Crippen molar-refractivity contribution in [2.75, 3.05) is 12.9 Å². The van der Waals surface area contributed by atoms with Crippen LogP contribution in [0.3, 0.4) is 0 Å². The summed E-state index contributed by atoms with van der Waals surface area (Å²) in [5, 5.41) is 0. The van der Waals surface area contributed by atoms with Gasteiger partial charge < -0.3 is 9.30 Å². The highest BCUT2D eigenvalue weighted by atomic mass is 32.2. The van der Waals surface area contributed by atoms with Crippen molar-refractivity contribution in [3.63, 3.8) is 0 Å². The van der Waals surface area contributed by atoms with Crippen LogP contribution in [-0.4, -0.2) is 37.7 Å². The summed E-state index contributed by atoms with van der Waals surface area (Å²) in [6, 6.07) is 11.8. The number of rotatable bonds is 6. The van der Waals surface area contributed by atoms with Gasteiger partial charge in [-0.2, -0.15) is 4.99 Å². The van der Waals surface area contributed by atoms with Gasteiger partial charge in [0.15, 0.2) is 14.6 Å². The second-order valence-corrected chi connectivity index (χ2v) is 10.3. The highest BCUT2D eigenvalue weighted by Crippen LogP contribution is 2.24. The lowest BCUT2D eigenvalue weighted by atomic mass is 10.0. The quantitative estimate of drug-likeness (QED) is 0.525. The summed E-state index contributed by atoms with van der Waals surface area (Å²) in [4.78, 5) is 29.5. The number of esters is 1. The lowest BCUT2D eigenvalue weighted by Gasteiger charge is -2.07. The molecule has 0 atom stereocenters. The first-order chi connectivity index (χ1) is 14.6. The number of hydrogen-bond donors (Lipinski definition) is 0.